The van der Waals surface area contributed by atoms with Crippen LogP contribution in [-0.2, 0) is 11.3 Å². The molecular weight excluding hydrogens is 450 g/mol. The molecule has 1 saturated heterocycles. The van der Waals surface area contributed by atoms with Crippen LogP contribution in [0.4, 0.5) is 8.78 Å². The van der Waals surface area contributed by atoms with E-state index in [1.807, 2.05) is 0 Å². The van der Waals surface area contributed by atoms with Crippen LogP contribution in [-0.4, -0.2) is 59.0 Å². The molecule has 2 amide bonds. The van der Waals surface area contributed by atoms with Crippen LogP contribution in [0.2, 0.25) is 5.02 Å². The maximum absolute atomic E-state index is 14.1. The van der Waals surface area contributed by atoms with Gasteiger partial charge in [-0.25, -0.2) is 8.78 Å². The number of fused-ring (bicyclic) bond motifs is 3. The Balaban J connectivity index is 1.69. The van der Waals surface area contributed by atoms with Gasteiger partial charge < -0.3 is 20.1 Å². The minimum Gasteiger partial charge on any atom is -0.502 e. The second-order valence-corrected chi connectivity index (χ2v) is 7.62. The number of hydrogen-bond donors (Lipinski definition) is 2. The third-order valence-corrected chi connectivity index (χ3v) is 5.83. The lowest BCUT2D eigenvalue weighted by atomic mass is 10.1. The molecule has 0 aliphatic carbocycles. The predicted molar refractivity (Wildman–Crippen MR) is 109 cm³/mol. The molecule has 0 unspecified atom stereocenters. The molecule has 1 fully saturated rings. The molecule has 4 rings (SSSR count). The largest absolute Gasteiger partial charge is 0.502 e. The van der Waals surface area contributed by atoms with Gasteiger partial charge in [0, 0.05) is 24.8 Å². The van der Waals surface area contributed by atoms with Crippen molar-refractivity contribution in [1.29, 1.82) is 0 Å². The first kappa shape index (κ1) is 22.0. The average Bonchev–Trinajstić information content (AvgIpc) is 2.79. The number of rotatable bonds is 4. The van der Waals surface area contributed by atoms with Gasteiger partial charge in [0.05, 0.1) is 19.8 Å². The van der Waals surface area contributed by atoms with Crippen LogP contribution in [0.1, 0.15) is 33.3 Å². The van der Waals surface area contributed by atoms with Crippen LogP contribution >= 0.6 is 11.6 Å². The van der Waals surface area contributed by atoms with E-state index in [4.69, 9.17) is 16.3 Å². The number of halogens is 3. The normalized spacial score (nSPS) is 17.8. The fourth-order valence-corrected chi connectivity index (χ4v) is 4.02. The van der Waals surface area contributed by atoms with Crippen LogP contribution in [0.25, 0.3) is 0 Å². The lowest BCUT2D eigenvalue weighted by Crippen LogP contribution is -2.65. The van der Waals surface area contributed by atoms with Gasteiger partial charge in [0.15, 0.2) is 11.4 Å². The number of aromatic nitrogens is 1. The summed E-state index contributed by atoms with van der Waals surface area (Å²) in [6.07, 6.45) is 0.700. The first-order valence-electron chi connectivity index (χ1n) is 9.81. The molecule has 1 atom stereocenters. The highest BCUT2D eigenvalue weighted by atomic mass is 35.5. The van der Waals surface area contributed by atoms with Crippen LogP contribution in [0.15, 0.2) is 23.1 Å². The molecule has 1 aromatic carbocycles. The molecule has 0 bridgehead atoms. The Bertz CT molecular complexity index is 1170. The van der Waals surface area contributed by atoms with Crippen molar-refractivity contribution in [2.45, 2.75) is 19.6 Å². The van der Waals surface area contributed by atoms with E-state index in [1.54, 1.807) is 11.9 Å². The molecule has 3 heterocycles. The minimum absolute atomic E-state index is 0.0888. The van der Waals surface area contributed by atoms with E-state index in [0.29, 0.717) is 19.7 Å². The third-order valence-electron chi connectivity index (χ3n) is 5.48. The molecule has 1 aromatic heterocycles. The van der Waals surface area contributed by atoms with Crippen molar-refractivity contribution >= 4 is 23.4 Å². The monoisotopic (exact) mass is 468 g/mol. The number of likely N-dealkylation sites (N-methyl/N-ethyl adjacent to an activating group) is 1. The molecule has 9 nitrogen and oxygen atoms in total. The zero-order chi connectivity index (χ0) is 23.2. The highest BCUT2D eigenvalue weighted by molar-refractivity contribution is 6.30. The Kier molecular flexibility index (Phi) is 5.78. The van der Waals surface area contributed by atoms with Crippen LogP contribution in [0.5, 0.6) is 5.75 Å². The zero-order valence-electron chi connectivity index (χ0n) is 16.9. The van der Waals surface area contributed by atoms with Gasteiger partial charge >= 0.3 is 0 Å². The van der Waals surface area contributed by atoms with E-state index in [9.17, 15) is 28.3 Å². The van der Waals surface area contributed by atoms with Crippen molar-refractivity contribution in [2.24, 2.45) is 0 Å². The number of ether oxygens (including phenoxy) is 1. The number of nitrogens with zero attached hydrogens (tertiary/aromatic N) is 3. The number of benzene rings is 1. The summed E-state index contributed by atoms with van der Waals surface area (Å²) >= 11 is 5.54. The average molecular weight is 469 g/mol. The minimum atomic E-state index is -1.04. The van der Waals surface area contributed by atoms with Gasteiger partial charge in [0.25, 0.3) is 11.8 Å². The van der Waals surface area contributed by atoms with E-state index in [0.717, 1.165) is 12.1 Å². The number of aromatic hydroxyl groups is 1. The summed E-state index contributed by atoms with van der Waals surface area (Å²) in [5.41, 5.74) is -1.82. The van der Waals surface area contributed by atoms with Crippen molar-refractivity contribution in [3.8, 4) is 5.75 Å². The molecule has 2 N–H and O–H groups in total. The number of amides is 2. The van der Waals surface area contributed by atoms with Gasteiger partial charge in [-0.2, -0.15) is 0 Å². The van der Waals surface area contributed by atoms with Crippen LogP contribution in [0, 0.1) is 11.6 Å². The first-order chi connectivity index (χ1) is 15.3. The molecule has 0 spiro atoms. The Morgan fingerprint density at radius 2 is 2.09 bits per heavy atom. The number of morpholine rings is 1. The number of nitrogens with one attached hydrogen (secondary N) is 1. The second kappa shape index (κ2) is 8.40. The maximum Gasteiger partial charge on any atom is 0.278 e. The van der Waals surface area contributed by atoms with E-state index in [1.165, 1.54) is 15.8 Å². The number of carbonyl (C=O) groups is 2. The SMILES string of the molecule is CCN1C(=O)c2c(O)c(=O)c(C(=O)NCc3ccc(F)c(Cl)c3F)cn2N2CCOC[C@@H]12. The van der Waals surface area contributed by atoms with Gasteiger partial charge in [0.1, 0.15) is 28.4 Å². The van der Waals surface area contributed by atoms with E-state index in [-0.39, 0.29) is 24.4 Å². The van der Waals surface area contributed by atoms with E-state index < -0.39 is 51.4 Å². The van der Waals surface area contributed by atoms with Crippen molar-refractivity contribution < 1.29 is 28.2 Å². The van der Waals surface area contributed by atoms with Gasteiger partial charge in [-0.15, -0.1) is 0 Å². The fourth-order valence-electron chi connectivity index (χ4n) is 3.84. The topological polar surface area (TPSA) is 104 Å². The molecular formula is C20H19ClF2N4O5. The van der Waals surface area contributed by atoms with Gasteiger partial charge in [0.2, 0.25) is 5.43 Å². The molecule has 2 aliphatic rings. The van der Waals surface area contributed by atoms with E-state index >= 15 is 0 Å². The van der Waals surface area contributed by atoms with Gasteiger partial charge in [-0.1, -0.05) is 17.7 Å². The van der Waals surface area contributed by atoms with Crippen molar-refractivity contribution in [3.05, 3.63) is 62.0 Å². The lowest BCUT2D eigenvalue weighted by molar-refractivity contribution is 0.00573. The lowest BCUT2D eigenvalue weighted by Gasteiger charge is -2.48. The first-order valence-corrected chi connectivity index (χ1v) is 10.2. The molecule has 12 heteroatoms. The fraction of sp³-hybridized carbons (Fsp3) is 0.350. The quantitative estimate of drug-likeness (QED) is 0.653. The summed E-state index contributed by atoms with van der Waals surface area (Å²) in [5, 5.41) is 13.9. The molecule has 0 saturated carbocycles. The maximum atomic E-state index is 14.1. The summed E-state index contributed by atoms with van der Waals surface area (Å²) in [6.45, 7) is 2.63. The molecule has 2 aliphatic heterocycles. The predicted octanol–water partition coefficient (Wildman–Crippen LogP) is 1.19. The third kappa shape index (κ3) is 3.47. The summed E-state index contributed by atoms with van der Waals surface area (Å²) in [5.74, 6) is -4.30. The summed E-state index contributed by atoms with van der Waals surface area (Å²) in [6, 6.07) is 2.07. The molecule has 170 valence electrons. The molecule has 2 aromatic rings. The van der Waals surface area contributed by atoms with Crippen LogP contribution < -0.4 is 15.8 Å². The number of carbonyl (C=O) groups excluding carboxylic acids is 2. The molecule has 32 heavy (non-hydrogen) atoms. The smallest absolute Gasteiger partial charge is 0.278 e. The van der Waals surface area contributed by atoms with Gasteiger partial charge in [-0.05, 0) is 13.0 Å². The van der Waals surface area contributed by atoms with Crippen molar-refractivity contribution in [2.75, 3.05) is 31.3 Å². The summed E-state index contributed by atoms with van der Waals surface area (Å²) in [7, 11) is 0. The number of pyridine rings is 1. The Morgan fingerprint density at radius 3 is 2.81 bits per heavy atom. The molecule has 0 radical (unpaired) electrons. The van der Waals surface area contributed by atoms with E-state index in [2.05, 4.69) is 5.32 Å². The Hall–Kier alpha value is -3.18. The Morgan fingerprint density at radius 1 is 1.34 bits per heavy atom. The van der Waals surface area contributed by atoms with Crippen molar-refractivity contribution in [3.63, 3.8) is 0 Å². The van der Waals surface area contributed by atoms with Crippen LogP contribution in [0.3, 0.4) is 0 Å². The summed E-state index contributed by atoms with van der Waals surface area (Å²) in [4.78, 5) is 39.7. The highest BCUT2D eigenvalue weighted by Crippen LogP contribution is 2.26. The zero-order valence-corrected chi connectivity index (χ0v) is 17.7. The standard InChI is InChI=1S/C20H19ClF2N4O5/c1-2-25-13-9-32-6-5-26(13)27-8-11(17(28)18(29)16(27)20(25)31)19(30)24-7-10-3-4-12(22)14(21)15(10)23/h3-4,8,13,29H,2,5-7,9H2,1H3,(H,24,30)/t13-/m0/s1. The Labute approximate surface area is 185 Å². The van der Waals surface area contributed by atoms with Gasteiger partial charge in [-0.3, -0.25) is 24.1 Å². The summed E-state index contributed by atoms with van der Waals surface area (Å²) < 4.78 is 34.2. The highest BCUT2D eigenvalue weighted by Gasteiger charge is 2.41. The second-order valence-electron chi connectivity index (χ2n) is 7.24. The van der Waals surface area contributed by atoms with Crippen molar-refractivity contribution in [1.82, 2.24) is 14.9 Å². The number of hydrogen-bond acceptors (Lipinski definition) is 6.